The molecule has 2 heteroatoms. The van der Waals surface area contributed by atoms with Crippen LogP contribution >= 0.6 is 0 Å². The average molecular weight is 241 g/mol. The van der Waals surface area contributed by atoms with Crippen LogP contribution < -0.4 is 5.32 Å². The second-order valence-electron chi connectivity index (χ2n) is 5.38. The summed E-state index contributed by atoms with van der Waals surface area (Å²) in [6.45, 7) is 6.63. The third kappa shape index (κ3) is 7.05. The van der Waals surface area contributed by atoms with Crippen molar-refractivity contribution in [2.45, 2.75) is 83.8 Å². The van der Waals surface area contributed by atoms with Crippen molar-refractivity contribution in [1.29, 1.82) is 0 Å². The summed E-state index contributed by atoms with van der Waals surface area (Å²) in [6, 6.07) is 0.740. The summed E-state index contributed by atoms with van der Waals surface area (Å²) in [4.78, 5) is 0. The quantitative estimate of drug-likeness (QED) is 0.554. The summed E-state index contributed by atoms with van der Waals surface area (Å²) in [5.41, 5.74) is 0. The van der Waals surface area contributed by atoms with E-state index in [1.54, 1.807) is 0 Å². The lowest BCUT2D eigenvalue weighted by molar-refractivity contribution is -0.0177. The Kier molecular flexibility index (Phi) is 8.72. The molecule has 1 saturated carbocycles. The average Bonchev–Trinajstić information content (AvgIpc) is 2.29. The minimum atomic E-state index is 0.556. The Hall–Kier alpha value is -0.0800. The van der Waals surface area contributed by atoms with E-state index >= 15 is 0 Å². The van der Waals surface area contributed by atoms with Gasteiger partial charge in [0.15, 0.2) is 0 Å². The van der Waals surface area contributed by atoms with Crippen LogP contribution in [0.15, 0.2) is 0 Å². The van der Waals surface area contributed by atoms with Crippen molar-refractivity contribution in [3.05, 3.63) is 0 Å². The van der Waals surface area contributed by atoms with Crippen molar-refractivity contribution >= 4 is 0 Å². The highest BCUT2D eigenvalue weighted by Gasteiger charge is 2.28. The van der Waals surface area contributed by atoms with Crippen LogP contribution in [0.25, 0.3) is 0 Å². The molecule has 0 aliphatic heterocycles. The van der Waals surface area contributed by atoms with E-state index in [0.717, 1.165) is 19.2 Å². The Morgan fingerprint density at radius 3 is 2.35 bits per heavy atom. The number of hydrogen-bond donors (Lipinski definition) is 1. The molecule has 0 heterocycles. The molecule has 17 heavy (non-hydrogen) atoms. The Morgan fingerprint density at radius 1 is 0.941 bits per heavy atom. The highest BCUT2D eigenvalue weighted by molar-refractivity contribution is 4.85. The van der Waals surface area contributed by atoms with Crippen LogP contribution in [0.1, 0.15) is 71.6 Å². The Bertz CT molecular complexity index is 166. The van der Waals surface area contributed by atoms with Crippen LogP contribution in [0.5, 0.6) is 0 Å². The third-order valence-electron chi connectivity index (χ3n) is 3.63. The zero-order chi connectivity index (χ0) is 12.3. The van der Waals surface area contributed by atoms with Gasteiger partial charge in [0.1, 0.15) is 0 Å². The normalized spacial score (nSPS) is 23.6. The Balaban J connectivity index is 1.77. The molecule has 1 N–H and O–H groups in total. The summed E-state index contributed by atoms with van der Waals surface area (Å²) in [7, 11) is 0. The van der Waals surface area contributed by atoms with E-state index in [4.69, 9.17) is 4.74 Å². The zero-order valence-electron chi connectivity index (χ0n) is 11.8. The van der Waals surface area contributed by atoms with Crippen molar-refractivity contribution in [1.82, 2.24) is 5.32 Å². The first kappa shape index (κ1) is 15.0. The molecule has 0 aromatic heterocycles. The molecule has 1 aliphatic rings. The molecule has 0 amide bonds. The van der Waals surface area contributed by atoms with E-state index in [9.17, 15) is 0 Å². The monoisotopic (exact) mass is 241 g/mol. The van der Waals surface area contributed by atoms with E-state index in [0.29, 0.717) is 6.10 Å². The van der Waals surface area contributed by atoms with Gasteiger partial charge in [0.2, 0.25) is 0 Å². The van der Waals surface area contributed by atoms with Gasteiger partial charge in [0.05, 0.1) is 6.10 Å². The van der Waals surface area contributed by atoms with Gasteiger partial charge in [-0.3, -0.25) is 0 Å². The van der Waals surface area contributed by atoms with Gasteiger partial charge in [-0.25, -0.2) is 0 Å². The lowest BCUT2D eigenvalue weighted by atomic mass is 9.89. The standard InChI is InChI=1S/C15H31NO/c1-3-5-6-7-8-9-11-17-15-12-14(13-15)16-10-4-2/h14-16H,3-13H2,1-2H3. The molecule has 2 nitrogen and oxygen atoms in total. The summed E-state index contributed by atoms with van der Waals surface area (Å²) in [5, 5.41) is 3.54. The summed E-state index contributed by atoms with van der Waals surface area (Å²) in [6.07, 6.45) is 12.4. The maximum atomic E-state index is 5.85. The summed E-state index contributed by atoms with van der Waals surface area (Å²) < 4.78 is 5.85. The minimum Gasteiger partial charge on any atom is -0.378 e. The SMILES string of the molecule is CCCCCCCCOC1CC(NCCC)C1. The maximum absolute atomic E-state index is 5.85. The van der Waals surface area contributed by atoms with E-state index in [1.165, 1.54) is 57.8 Å². The first-order chi connectivity index (χ1) is 8.36. The lowest BCUT2D eigenvalue weighted by Crippen LogP contribution is -2.45. The molecular formula is C15H31NO. The second-order valence-corrected chi connectivity index (χ2v) is 5.38. The van der Waals surface area contributed by atoms with Crippen molar-refractivity contribution in [2.24, 2.45) is 0 Å². The first-order valence-electron chi connectivity index (χ1n) is 7.71. The minimum absolute atomic E-state index is 0.556. The number of hydrogen-bond acceptors (Lipinski definition) is 2. The summed E-state index contributed by atoms with van der Waals surface area (Å²) in [5.74, 6) is 0. The van der Waals surface area contributed by atoms with Crippen LogP contribution in [0.4, 0.5) is 0 Å². The van der Waals surface area contributed by atoms with Gasteiger partial charge in [0.25, 0.3) is 0 Å². The fourth-order valence-corrected chi connectivity index (χ4v) is 2.35. The zero-order valence-corrected chi connectivity index (χ0v) is 11.8. The van der Waals surface area contributed by atoms with Gasteiger partial charge < -0.3 is 10.1 Å². The van der Waals surface area contributed by atoms with Crippen molar-refractivity contribution in [3.8, 4) is 0 Å². The van der Waals surface area contributed by atoms with Gasteiger partial charge in [-0.15, -0.1) is 0 Å². The fraction of sp³-hybridized carbons (Fsp3) is 1.00. The predicted octanol–water partition coefficient (Wildman–Crippen LogP) is 3.89. The van der Waals surface area contributed by atoms with Crippen molar-refractivity contribution in [2.75, 3.05) is 13.2 Å². The lowest BCUT2D eigenvalue weighted by Gasteiger charge is -2.35. The van der Waals surface area contributed by atoms with Gasteiger partial charge in [-0.1, -0.05) is 46.0 Å². The molecule has 0 aromatic carbocycles. The van der Waals surface area contributed by atoms with Crippen LogP contribution in [0, 0.1) is 0 Å². The fourth-order valence-electron chi connectivity index (χ4n) is 2.35. The molecule has 1 fully saturated rings. The number of nitrogens with one attached hydrogen (secondary N) is 1. The van der Waals surface area contributed by atoms with Gasteiger partial charge in [0, 0.05) is 12.6 Å². The topological polar surface area (TPSA) is 21.3 Å². The van der Waals surface area contributed by atoms with E-state index in [-0.39, 0.29) is 0 Å². The molecule has 0 spiro atoms. The van der Waals surface area contributed by atoms with Gasteiger partial charge >= 0.3 is 0 Å². The Morgan fingerprint density at radius 2 is 1.65 bits per heavy atom. The molecular weight excluding hydrogens is 210 g/mol. The highest BCUT2D eigenvalue weighted by atomic mass is 16.5. The molecule has 1 aliphatic carbocycles. The molecule has 0 saturated heterocycles. The predicted molar refractivity (Wildman–Crippen MR) is 74.4 cm³/mol. The van der Waals surface area contributed by atoms with Crippen LogP contribution in [0.3, 0.4) is 0 Å². The van der Waals surface area contributed by atoms with Gasteiger partial charge in [-0.2, -0.15) is 0 Å². The first-order valence-corrected chi connectivity index (χ1v) is 7.71. The van der Waals surface area contributed by atoms with Crippen molar-refractivity contribution in [3.63, 3.8) is 0 Å². The second kappa shape index (κ2) is 9.90. The molecule has 0 unspecified atom stereocenters. The molecule has 1 rings (SSSR count). The largest absolute Gasteiger partial charge is 0.378 e. The smallest absolute Gasteiger partial charge is 0.0604 e. The number of ether oxygens (including phenoxy) is 1. The molecule has 102 valence electrons. The van der Waals surface area contributed by atoms with Crippen molar-refractivity contribution < 1.29 is 4.74 Å². The molecule has 0 bridgehead atoms. The number of unbranched alkanes of at least 4 members (excludes halogenated alkanes) is 5. The van der Waals surface area contributed by atoms with E-state index in [2.05, 4.69) is 19.2 Å². The maximum Gasteiger partial charge on any atom is 0.0604 e. The molecule has 0 radical (unpaired) electrons. The van der Waals surface area contributed by atoms with E-state index < -0.39 is 0 Å². The van der Waals surface area contributed by atoms with Crippen LogP contribution in [0.2, 0.25) is 0 Å². The number of rotatable bonds is 11. The molecule has 0 aromatic rings. The van der Waals surface area contributed by atoms with E-state index in [1.807, 2.05) is 0 Å². The summed E-state index contributed by atoms with van der Waals surface area (Å²) >= 11 is 0. The van der Waals surface area contributed by atoms with Gasteiger partial charge in [-0.05, 0) is 32.2 Å². The van der Waals surface area contributed by atoms with Crippen LogP contribution in [-0.2, 0) is 4.74 Å². The van der Waals surface area contributed by atoms with Crippen LogP contribution in [-0.4, -0.2) is 25.3 Å². The third-order valence-corrected chi connectivity index (χ3v) is 3.63. The molecule has 0 atom stereocenters. The Labute approximate surface area is 108 Å². The highest BCUT2D eigenvalue weighted by Crippen LogP contribution is 2.23.